The van der Waals surface area contributed by atoms with Crippen molar-refractivity contribution in [3.8, 4) is 0 Å². The first-order valence-corrected chi connectivity index (χ1v) is 5.65. The fourth-order valence-electron chi connectivity index (χ4n) is 1.30. The third-order valence-electron chi connectivity index (χ3n) is 2.32. The number of halogens is 2. The summed E-state index contributed by atoms with van der Waals surface area (Å²) in [5, 5.41) is 20.9. The molecule has 6 nitrogen and oxygen atoms in total. The van der Waals surface area contributed by atoms with E-state index >= 15 is 0 Å². The van der Waals surface area contributed by atoms with Crippen LogP contribution in [-0.4, -0.2) is 48.0 Å². The molecule has 0 aromatic rings. The van der Waals surface area contributed by atoms with Gasteiger partial charge in [0.15, 0.2) is 0 Å². The highest BCUT2D eigenvalue weighted by Crippen LogP contribution is 1.98. The molecule has 0 saturated carbocycles. The lowest BCUT2D eigenvalue weighted by Crippen LogP contribution is -2.31. The number of rotatable bonds is 10. The third kappa shape index (κ3) is 14.0. The predicted octanol–water partition coefficient (Wildman–Crippen LogP) is -0.288. The van der Waals surface area contributed by atoms with E-state index in [1.165, 1.54) is 0 Å². The maximum Gasteiger partial charge on any atom is 0.320 e. The molecule has 0 spiro atoms. The maximum atomic E-state index is 10.4. The summed E-state index contributed by atoms with van der Waals surface area (Å²) in [5.41, 5.74) is 10.6. The Bertz CT molecular complexity index is 199. The van der Waals surface area contributed by atoms with E-state index in [1.54, 1.807) is 0 Å². The minimum absolute atomic E-state index is 0. The lowest BCUT2D eigenvalue weighted by Gasteiger charge is -2.10. The molecule has 0 aliphatic heterocycles. The average molecular weight is 306 g/mol. The van der Waals surface area contributed by atoms with Gasteiger partial charge in [-0.3, -0.25) is 4.79 Å². The molecule has 18 heavy (non-hydrogen) atoms. The lowest BCUT2D eigenvalue weighted by molar-refractivity contribution is -0.138. The molecule has 0 aliphatic rings. The zero-order valence-electron chi connectivity index (χ0n) is 10.4. The van der Waals surface area contributed by atoms with Crippen molar-refractivity contribution in [3.63, 3.8) is 0 Å². The zero-order valence-corrected chi connectivity index (χ0v) is 12.0. The summed E-state index contributed by atoms with van der Waals surface area (Å²) >= 11 is 0. The van der Waals surface area contributed by atoms with Crippen LogP contribution in [0.4, 0.5) is 0 Å². The second-order valence-corrected chi connectivity index (χ2v) is 3.88. The van der Waals surface area contributed by atoms with E-state index in [0.29, 0.717) is 25.9 Å². The van der Waals surface area contributed by atoms with Gasteiger partial charge in [-0.25, -0.2) is 0 Å². The Morgan fingerprint density at radius 1 is 1.22 bits per heavy atom. The molecule has 0 fully saturated rings. The molecule has 0 saturated heterocycles. The number of aliphatic hydroxyl groups is 1. The Kier molecular flexibility index (Phi) is 19.1. The summed E-state index contributed by atoms with van der Waals surface area (Å²) in [6.45, 7) is 1.77. The van der Waals surface area contributed by atoms with Crippen LogP contribution in [0.3, 0.4) is 0 Å². The van der Waals surface area contributed by atoms with Gasteiger partial charge < -0.3 is 27.0 Å². The average Bonchev–Trinajstić information content (AvgIpc) is 2.23. The number of carbonyl (C=O) groups is 1. The largest absolute Gasteiger partial charge is 0.480 e. The number of unbranched alkanes of at least 4 members (excludes halogenated alkanes) is 1. The molecule has 2 atom stereocenters. The molecule has 0 aromatic carbocycles. The van der Waals surface area contributed by atoms with E-state index in [2.05, 4.69) is 5.32 Å². The van der Waals surface area contributed by atoms with E-state index in [-0.39, 0.29) is 24.8 Å². The fourth-order valence-corrected chi connectivity index (χ4v) is 1.30. The standard InChI is InChI=1S/C10H23N3O3.2ClH/c11-5-4-8(14)7-13-6-2-1-3-9(12)10(15)16;;/h8-9,13-14H,1-7,11-12H2,(H,15,16);2*1H/t8?,9-;;/m0../s1. The van der Waals surface area contributed by atoms with Crippen LogP contribution in [0, 0.1) is 0 Å². The Morgan fingerprint density at radius 2 is 1.83 bits per heavy atom. The number of carboxylic acids is 1. The van der Waals surface area contributed by atoms with Gasteiger partial charge in [0.1, 0.15) is 6.04 Å². The van der Waals surface area contributed by atoms with Crippen molar-refractivity contribution < 1.29 is 15.0 Å². The molecule has 0 aromatic heterocycles. The van der Waals surface area contributed by atoms with Crippen molar-refractivity contribution in [1.82, 2.24) is 5.32 Å². The Morgan fingerprint density at radius 3 is 2.33 bits per heavy atom. The minimum atomic E-state index is -0.952. The van der Waals surface area contributed by atoms with Crippen molar-refractivity contribution in [2.24, 2.45) is 11.5 Å². The summed E-state index contributed by atoms with van der Waals surface area (Å²) in [6.07, 6.45) is 2.31. The quantitative estimate of drug-likeness (QED) is 0.354. The van der Waals surface area contributed by atoms with Crippen LogP contribution in [0.25, 0.3) is 0 Å². The summed E-state index contributed by atoms with van der Waals surface area (Å²) in [7, 11) is 0. The van der Waals surface area contributed by atoms with Crippen molar-refractivity contribution >= 4 is 30.8 Å². The highest BCUT2D eigenvalue weighted by molar-refractivity contribution is 5.85. The van der Waals surface area contributed by atoms with Crippen molar-refractivity contribution in [2.75, 3.05) is 19.6 Å². The molecule has 0 rings (SSSR count). The summed E-state index contributed by atoms with van der Waals surface area (Å²) in [5.74, 6) is -0.952. The van der Waals surface area contributed by atoms with Crippen LogP contribution < -0.4 is 16.8 Å². The second kappa shape index (κ2) is 14.9. The van der Waals surface area contributed by atoms with Gasteiger partial charge in [0, 0.05) is 6.54 Å². The van der Waals surface area contributed by atoms with Crippen LogP contribution in [0.15, 0.2) is 0 Å². The molecule has 0 heterocycles. The molecular weight excluding hydrogens is 281 g/mol. The number of aliphatic carboxylic acids is 1. The maximum absolute atomic E-state index is 10.4. The molecule has 1 unspecified atom stereocenters. The molecule has 7 N–H and O–H groups in total. The van der Waals surface area contributed by atoms with E-state index in [9.17, 15) is 9.90 Å². The number of hydrogen-bond donors (Lipinski definition) is 5. The smallest absolute Gasteiger partial charge is 0.320 e. The monoisotopic (exact) mass is 305 g/mol. The molecule has 0 amide bonds. The van der Waals surface area contributed by atoms with Crippen LogP contribution in [0.5, 0.6) is 0 Å². The van der Waals surface area contributed by atoms with E-state index in [4.69, 9.17) is 16.6 Å². The second-order valence-electron chi connectivity index (χ2n) is 3.88. The number of aliphatic hydroxyl groups excluding tert-OH is 1. The van der Waals surface area contributed by atoms with Crippen LogP contribution >= 0.6 is 24.8 Å². The molecule has 8 heteroatoms. The van der Waals surface area contributed by atoms with Gasteiger partial charge in [-0.1, -0.05) is 6.42 Å². The van der Waals surface area contributed by atoms with Crippen LogP contribution in [0.2, 0.25) is 0 Å². The van der Waals surface area contributed by atoms with Gasteiger partial charge in [0.25, 0.3) is 0 Å². The fraction of sp³-hybridized carbons (Fsp3) is 0.900. The highest BCUT2D eigenvalue weighted by atomic mass is 35.5. The van der Waals surface area contributed by atoms with Crippen LogP contribution in [-0.2, 0) is 4.79 Å². The zero-order chi connectivity index (χ0) is 12.4. The molecule has 0 radical (unpaired) electrons. The Hall–Kier alpha value is -0.110. The Labute approximate surface area is 120 Å². The van der Waals surface area contributed by atoms with Gasteiger partial charge >= 0.3 is 5.97 Å². The van der Waals surface area contributed by atoms with Gasteiger partial charge in [-0.2, -0.15) is 0 Å². The first-order chi connectivity index (χ1) is 7.57. The van der Waals surface area contributed by atoms with Gasteiger partial charge in [-0.05, 0) is 32.4 Å². The predicted molar refractivity (Wildman–Crippen MR) is 76.5 cm³/mol. The third-order valence-corrected chi connectivity index (χ3v) is 2.32. The first kappa shape index (κ1) is 23.0. The van der Waals surface area contributed by atoms with Crippen molar-refractivity contribution in [3.05, 3.63) is 0 Å². The molecule has 0 bridgehead atoms. The number of carboxylic acid groups (broad SMARTS) is 1. The number of nitrogens with one attached hydrogen (secondary N) is 1. The van der Waals surface area contributed by atoms with Crippen LogP contribution in [0.1, 0.15) is 25.7 Å². The topological polar surface area (TPSA) is 122 Å². The molecule has 112 valence electrons. The summed E-state index contributed by atoms with van der Waals surface area (Å²) in [6, 6.07) is -0.761. The molecular formula is C10H25Cl2N3O3. The normalized spacial score (nSPS) is 13.1. The highest BCUT2D eigenvalue weighted by Gasteiger charge is 2.09. The van der Waals surface area contributed by atoms with Gasteiger partial charge in [0.2, 0.25) is 0 Å². The van der Waals surface area contributed by atoms with E-state index in [0.717, 1.165) is 19.4 Å². The minimum Gasteiger partial charge on any atom is -0.480 e. The van der Waals surface area contributed by atoms with Gasteiger partial charge in [-0.15, -0.1) is 24.8 Å². The molecule has 0 aliphatic carbocycles. The van der Waals surface area contributed by atoms with Crippen molar-refractivity contribution in [1.29, 1.82) is 0 Å². The van der Waals surface area contributed by atoms with E-state index < -0.39 is 18.1 Å². The first-order valence-electron chi connectivity index (χ1n) is 5.65. The number of nitrogens with two attached hydrogens (primary N) is 2. The summed E-state index contributed by atoms with van der Waals surface area (Å²) < 4.78 is 0. The number of hydrogen-bond acceptors (Lipinski definition) is 5. The van der Waals surface area contributed by atoms with Crippen molar-refractivity contribution in [2.45, 2.75) is 37.8 Å². The van der Waals surface area contributed by atoms with E-state index in [1.807, 2.05) is 0 Å². The SMILES string of the molecule is Cl.Cl.NCCC(O)CNCCCC[C@H](N)C(=O)O. The summed E-state index contributed by atoms with van der Waals surface area (Å²) in [4.78, 5) is 10.4. The van der Waals surface area contributed by atoms with Gasteiger partial charge in [0.05, 0.1) is 6.10 Å². The Balaban J connectivity index is -0.00000112. The lowest BCUT2D eigenvalue weighted by atomic mass is 10.1.